The monoisotopic (exact) mass is 315 g/mol. The third-order valence-electron chi connectivity index (χ3n) is 4.11. The van der Waals surface area contributed by atoms with Gasteiger partial charge in [-0.15, -0.1) is 11.3 Å². The van der Waals surface area contributed by atoms with Crippen LogP contribution in [-0.2, 0) is 6.42 Å². The largest absolute Gasteiger partial charge is 0.355 e. The Hall–Kier alpha value is -2.02. The first-order valence-corrected chi connectivity index (χ1v) is 8.48. The first kappa shape index (κ1) is 13.6. The lowest BCUT2D eigenvalue weighted by atomic mass is 9.97. The highest BCUT2D eigenvalue weighted by Gasteiger charge is 2.27. The molecule has 4 heterocycles. The maximum Gasteiger partial charge on any atom is 0.226 e. The average Bonchev–Trinajstić information content (AvgIpc) is 3.23. The van der Waals surface area contributed by atoms with E-state index in [4.69, 9.17) is 4.52 Å². The van der Waals surface area contributed by atoms with Gasteiger partial charge in [0.2, 0.25) is 5.89 Å². The molecule has 22 heavy (non-hydrogen) atoms. The number of anilines is 1. The molecule has 1 atom stereocenters. The van der Waals surface area contributed by atoms with E-state index < -0.39 is 0 Å². The van der Waals surface area contributed by atoms with Crippen LogP contribution in [0, 0.1) is 0 Å². The maximum atomic E-state index is 5.26. The molecule has 0 saturated carbocycles. The number of hydrogen-bond donors (Lipinski definition) is 0. The number of hydrogen-bond acceptors (Lipinski definition) is 7. The second-order valence-corrected chi connectivity index (χ2v) is 6.42. The van der Waals surface area contributed by atoms with Crippen LogP contribution in [-0.4, -0.2) is 33.2 Å². The lowest BCUT2D eigenvalue weighted by Crippen LogP contribution is -2.35. The zero-order chi connectivity index (χ0) is 14.9. The zero-order valence-corrected chi connectivity index (χ0v) is 13.2. The fourth-order valence-electron chi connectivity index (χ4n) is 2.99. The van der Waals surface area contributed by atoms with Gasteiger partial charge >= 0.3 is 0 Å². The summed E-state index contributed by atoms with van der Waals surface area (Å²) in [5, 5.41) is 7.35. The minimum absolute atomic E-state index is 0.307. The van der Waals surface area contributed by atoms with Gasteiger partial charge in [-0.2, -0.15) is 4.98 Å². The van der Waals surface area contributed by atoms with Crippen LogP contribution in [0.25, 0.3) is 10.2 Å². The van der Waals surface area contributed by atoms with Crippen LogP contribution in [0.4, 0.5) is 5.82 Å². The van der Waals surface area contributed by atoms with Gasteiger partial charge in [0.1, 0.15) is 17.0 Å². The first-order chi connectivity index (χ1) is 10.8. The van der Waals surface area contributed by atoms with Crippen molar-refractivity contribution in [3.63, 3.8) is 0 Å². The third kappa shape index (κ3) is 2.35. The zero-order valence-electron chi connectivity index (χ0n) is 12.4. The lowest BCUT2D eigenvalue weighted by Gasteiger charge is -2.32. The molecule has 0 amide bonds. The van der Waals surface area contributed by atoms with Crippen LogP contribution in [0.15, 0.2) is 22.3 Å². The van der Waals surface area contributed by atoms with Crippen LogP contribution in [0.1, 0.15) is 37.4 Å². The van der Waals surface area contributed by atoms with Crippen molar-refractivity contribution < 1.29 is 4.52 Å². The van der Waals surface area contributed by atoms with E-state index in [0.29, 0.717) is 5.92 Å². The van der Waals surface area contributed by atoms with Gasteiger partial charge in [0.15, 0.2) is 5.82 Å². The van der Waals surface area contributed by atoms with Crippen molar-refractivity contribution in [2.24, 2.45) is 0 Å². The maximum absolute atomic E-state index is 5.26. The van der Waals surface area contributed by atoms with Gasteiger partial charge in [-0.3, -0.25) is 0 Å². The van der Waals surface area contributed by atoms with Gasteiger partial charge in [0.25, 0.3) is 0 Å². The summed E-state index contributed by atoms with van der Waals surface area (Å²) in [5.41, 5.74) is 0. The van der Waals surface area contributed by atoms with Crippen LogP contribution in [0.2, 0.25) is 0 Å². The molecular weight excluding hydrogens is 298 g/mol. The lowest BCUT2D eigenvalue weighted by molar-refractivity contribution is 0.368. The van der Waals surface area contributed by atoms with E-state index >= 15 is 0 Å². The molecule has 7 heteroatoms. The summed E-state index contributed by atoms with van der Waals surface area (Å²) in [6, 6.07) is 2.10. The molecule has 0 radical (unpaired) electrons. The second kappa shape index (κ2) is 5.64. The van der Waals surface area contributed by atoms with Crippen molar-refractivity contribution in [3.05, 3.63) is 29.5 Å². The molecule has 0 unspecified atom stereocenters. The van der Waals surface area contributed by atoms with Crippen molar-refractivity contribution in [3.8, 4) is 0 Å². The standard InChI is InChI=1S/C15H17N5OS/c1-2-12-18-13(19-21-12)10-4-3-6-20(8-10)14-11-5-7-22-15(11)17-9-16-14/h5,7,9-10H,2-4,6,8H2,1H3/t10-/m1/s1. The Balaban J connectivity index is 1.62. The molecule has 6 nitrogen and oxygen atoms in total. The molecule has 1 saturated heterocycles. The van der Waals surface area contributed by atoms with Gasteiger partial charge in [-0.05, 0) is 24.3 Å². The minimum Gasteiger partial charge on any atom is -0.355 e. The summed E-state index contributed by atoms with van der Waals surface area (Å²) in [6.45, 7) is 3.92. The molecule has 0 spiro atoms. The molecule has 114 valence electrons. The molecule has 0 bridgehead atoms. The van der Waals surface area contributed by atoms with Gasteiger partial charge in [0, 0.05) is 25.4 Å². The summed E-state index contributed by atoms with van der Waals surface area (Å²) < 4.78 is 5.26. The van der Waals surface area contributed by atoms with E-state index in [9.17, 15) is 0 Å². The highest BCUT2D eigenvalue weighted by Crippen LogP contribution is 2.32. The Morgan fingerprint density at radius 3 is 3.23 bits per heavy atom. The molecule has 1 fully saturated rings. The number of rotatable bonds is 3. The Bertz CT molecular complexity index is 783. The van der Waals surface area contributed by atoms with Crippen molar-refractivity contribution >= 4 is 27.4 Å². The van der Waals surface area contributed by atoms with E-state index in [1.807, 2.05) is 6.92 Å². The van der Waals surface area contributed by atoms with Gasteiger partial charge < -0.3 is 9.42 Å². The van der Waals surface area contributed by atoms with Gasteiger partial charge in [0.05, 0.1) is 5.39 Å². The highest BCUT2D eigenvalue weighted by molar-refractivity contribution is 7.16. The predicted octanol–water partition coefficient (Wildman–Crippen LogP) is 3.02. The summed E-state index contributed by atoms with van der Waals surface area (Å²) in [4.78, 5) is 16.7. The molecule has 3 aromatic rings. The van der Waals surface area contributed by atoms with E-state index in [0.717, 1.165) is 60.1 Å². The number of aryl methyl sites for hydroxylation is 1. The Kier molecular flexibility index (Phi) is 3.49. The summed E-state index contributed by atoms with van der Waals surface area (Å²) in [5.74, 6) is 2.88. The van der Waals surface area contributed by atoms with E-state index in [-0.39, 0.29) is 0 Å². The molecule has 4 rings (SSSR count). The van der Waals surface area contributed by atoms with E-state index in [1.54, 1.807) is 17.7 Å². The van der Waals surface area contributed by atoms with Crippen LogP contribution in [0.3, 0.4) is 0 Å². The first-order valence-electron chi connectivity index (χ1n) is 7.60. The Morgan fingerprint density at radius 1 is 1.41 bits per heavy atom. The molecule has 0 N–H and O–H groups in total. The number of nitrogens with zero attached hydrogens (tertiary/aromatic N) is 5. The minimum atomic E-state index is 0.307. The Morgan fingerprint density at radius 2 is 2.36 bits per heavy atom. The molecule has 0 aliphatic carbocycles. The molecule has 1 aliphatic heterocycles. The summed E-state index contributed by atoms with van der Waals surface area (Å²) >= 11 is 1.65. The second-order valence-electron chi connectivity index (χ2n) is 5.52. The number of aromatic nitrogens is 4. The molecular formula is C15H17N5OS. The molecule has 1 aliphatic rings. The van der Waals surface area contributed by atoms with Crippen LogP contribution in [0.5, 0.6) is 0 Å². The van der Waals surface area contributed by atoms with Crippen LogP contribution < -0.4 is 4.90 Å². The summed E-state index contributed by atoms with van der Waals surface area (Å²) in [6.07, 6.45) is 4.64. The van der Waals surface area contributed by atoms with Crippen LogP contribution >= 0.6 is 11.3 Å². The topological polar surface area (TPSA) is 67.9 Å². The Labute approximate surface area is 132 Å². The molecule has 0 aromatic carbocycles. The average molecular weight is 315 g/mol. The normalized spacial score (nSPS) is 19.0. The van der Waals surface area contributed by atoms with Crippen molar-refractivity contribution in [2.45, 2.75) is 32.1 Å². The van der Waals surface area contributed by atoms with Gasteiger partial charge in [-0.25, -0.2) is 9.97 Å². The predicted molar refractivity (Wildman–Crippen MR) is 85.3 cm³/mol. The fourth-order valence-corrected chi connectivity index (χ4v) is 3.71. The summed E-state index contributed by atoms with van der Waals surface area (Å²) in [7, 11) is 0. The third-order valence-corrected chi connectivity index (χ3v) is 4.93. The van der Waals surface area contributed by atoms with Crippen molar-refractivity contribution in [1.82, 2.24) is 20.1 Å². The van der Waals surface area contributed by atoms with Crippen molar-refractivity contribution in [1.29, 1.82) is 0 Å². The van der Waals surface area contributed by atoms with E-state index in [2.05, 4.69) is 36.5 Å². The number of piperidine rings is 1. The molecule has 3 aromatic heterocycles. The number of fused-ring (bicyclic) bond motifs is 1. The van der Waals surface area contributed by atoms with Gasteiger partial charge in [-0.1, -0.05) is 12.1 Å². The SMILES string of the molecule is CCc1nc([C@@H]2CCCN(c3ncnc4sccc34)C2)no1. The van der Waals surface area contributed by atoms with Crippen molar-refractivity contribution in [2.75, 3.05) is 18.0 Å². The van der Waals surface area contributed by atoms with E-state index in [1.165, 1.54) is 0 Å². The number of thiophene rings is 1. The highest BCUT2D eigenvalue weighted by atomic mass is 32.1. The quantitative estimate of drug-likeness (QED) is 0.740. The smallest absolute Gasteiger partial charge is 0.226 e. The fraction of sp³-hybridized carbons (Fsp3) is 0.467.